The standard InChI is InChI=1S/C21H20O6/c22-19(23)13-18(14-7-2-1-3-8-14)26-12-6-10-16-20(24)15-9-4-5-11-17(15)27-21(16)25/h1-5,7-9,11,18,24H,6,10,12-13H2,(H,22,23). The van der Waals surface area contributed by atoms with Gasteiger partial charge in [-0.05, 0) is 30.5 Å². The molecule has 1 aromatic heterocycles. The zero-order valence-electron chi connectivity index (χ0n) is 14.6. The van der Waals surface area contributed by atoms with Crippen LogP contribution in [-0.2, 0) is 16.0 Å². The molecule has 0 aliphatic heterocycles. The van der Waals surface area contributed by atoms with Crippen LogP contribution in [0.25, 0.3) is 11.0 Å². The molecule has 6 nitrogen and oxygen atoms in total. The Labute approximate surface area is 155 Å². The van der Waals surface area contributed by atoms with Crippen LogP contribution in [0.4, 0.5) is 0 Å². The topological polar surface area (TPSA) is 97.0 Å². The van der Waals surface area contributed by atoms with Gasteiger partial charge in [-0.1, -0.05) is 42.5 Å². The summed E-state index contributed by atoms with van der Waals surface area (Å²) in [6, 6.07) is 15.9. The van der Waals surface area contributed by atoms with E-state index in [9.17, 15) is 14.7 Å². The van der Waals surface area contributed by atoms with Gasteiger partial charge in [0.2, 0.25) is 0 Å². The minimum Gasteiger partial charge on any atom is -0.507 e. The zero-order valence-corrected chi connectivity index (χ0v) is 14.6. The zero-order chi connectivity index (χ0) is 19.2. The van der Waals surface area contributed by atoms with E-state index in [1.807, 2.05) is 30.3 Å². The van der Waals surface area contributed by atoms with Crippen LogP contribution >= 0.6 is 0 Å². The number of hydrogen-bond acceptors (Lipinski definition) is 5. The molecule has 0 bridgehead atoms. The van der Waals surface area contributed by atoms with Gasteiger partial charge in [0.25, 0.3) is 0 Å². The second kappa shape index (κ2) is 8.51. The molecule has 0 saturated carbocycles. The minimum atomic E-state index is -0.948. The first-order valence-electron chi connectivity index (χ1n) is 8.68. The Morgan fingerprint density at radius 3 is 2.52 bits per heavy atom. The summed E-state index contributed by atoms with van der Waals surface area (Å²) in [5.74, 6) is -1.02. The van der Waals surface area contributed by atoms with Crippen molar-refractivity contribution < 1.29 is 24.2 Å². The third-order valence-electron chi connectivity index (χ3n) is 4.30. The lowest BCUT2D eigenvalue weighted by atomic mass is 10.1. The van der Waals surface area contributed by atoms with Crippen molar-refractivity contribution in [2.75, 3.05) is 6.61 Å². The Balaban J connectivity index is 1.66. The minimum absolute atomic E-state index is 0.0769. The van der Waals surface area contributed by atoms with Crippen LogP contribution in [0.2, 0.25) is 0 Å². The first-order valence-corrected chi connectivity index (χ1v) is 8.68. The molecule has 0 aliphatic rings. The quantitative estimate of drug-likeness (QED) is 0.465. The van der Waals surface area contributed by atoms with Crippen molar-refractivity contribution >= 4 is 16.9 Å². The van der Waals surface area contributed by atoms with Gasteiger partial charge in [0, 0.05) is 6.61 Å². The van der Waals surface area contributed by atoms with E-state index >= 15 is 0 Å². The number of para-hydroxylation sites is 1. The number of carboxylic acid groups (broad SMARTS) is 1. The Morgan fingerprint density at radius 2 is 1.78 bits per heavy atom. The molecule has 0 spiro atoms. The van der Waals surface area contributed by atoms with Crippen LogP contribution < -0.4 is 5.63 Å². The van der Waals surface area contributed by atoms with Crippen molar-refractivity contribution in [3.05, 3.63) is 76.1 Å². The van der Waals surface area contributed by atoms with Gasteiger partial charge in [0.05, 0.1) is 23.5 Å². The SMILES string of the molecule is O=C(O)CC(OCCCc1c(O)c2ccccc2oc1=O)c1ccccc1. The highest BCUT2D eigenvalue weighted by Gasteiger charge is 2.17. The van der Waals surface area contributed by atoms with Gasteiger partial charge in [-0.2, -0.15) is 0 Å². The fourth-order valence-electron chi connectivity index (χ4n) is 2.97. The molecule has 1 unspecified atom stereocenters. The van der Waals surface area contributed by atoms with Gasteiger partial charge in [0.15, 0.2) is 0 Å². The van der Waals surface area contributed by atoms with Crippen molar-refractivity contribution in [2.45, 2.75) is 25.4 Å². The van der Waals surface area contributed by atoms with Gasteiger partial charge < -0.3 is 19.4 Å². The monoisotopic (exact) mass is 368 g/mol. The van der Waals surface area contributed by atoms with E-state index in [0.717, 1.165) is 5.56 Å². The van der Waals surface area contributed by atoms with Crippen LogP contribution in [0, 0.1) is 0 Å². The molecule has 0 fully saturated rings. The Hall–Kier alpha value is -3.12. The van der Waals surface area contributed by atoms with E-state index < -0.39 is 17.7 Å². The number of fused-ring (bicyclic) bond motifs is 1. The molecule has 1 heterocycles. The van der Waals surface area contributed by atoms with Gasteiger partial charge in [-0.15, -0.1) is 0 Å². The average molecular weight is 368 g/mol. The molecule has 1 atom stereocenters. The molecular weight excluding hydrogens is 348 g/mol. The summed E-state index contributed by atoms with van der Waals surface area (Å²) in [6.45, 7) is 0.249. The molecule has 27 heavy (non-hydrogen) atoms. The van der Waals surface area contributed by atoms with Crippen LogP contribution in [0.15, 0.2) is 63.8 Å². The molecule has 3 rings (SSSR count). The van der Waals surface area contributed by atoms with Crippen molar-refractivity contribution in [3.8, 4) is 5.75 Å². The molecule has 0 aliphatic carbocycles. The van der Waals surface area contributed by atoms with E-state index in [1.165, 1.54) is 0 Å². The lowest BCUT2D eigenvalue weighted by Crippen LogP contribution is -2.13. The molecule has 6 heteroatoms. The number of benzene rings is 2. The number of hydrogen-bond donors (Lipinski definition) is 2. The average Bonchev–Trinajstić information content (AvgIpc) is 2.66. The summed E-state index contributed by atoms with van der Waals surface area (Å²) in [4.78, 5) is 23.2. The molecule has 2 aromatic carbocycles. The van der Waals surface area contributed by atoms with E-state index in [-0.39, 0.29) is 30.8 Å². The van der Waals surface area contributed by atoms with E-state index in [4.69, 9.17) is 14.3 Å². The lowest BCUT2D eigenvalue weighted by molar-refractivity contribution is -0.140. The highest BCUT2D eigenvalue weighted by Crippen LogP contribution is 2.27. The predicted octanol–water partition coefficient (Wildman–Crippen LogP) is 3.66. The summed E-state index contributed by atoms with van der Waals surface area (Å²) >= 11 is 0. The summed E-state index contributed by atoms with van der Waals surface area (Å²) in [5, 5.41) is 19.9. The van der Waals surface area contributed by atoms with Gasteiger partial charge in [-0.25, -0.2) is 4.79 Å². The van der Waals surface area contributed by atoms with E-state index in [2.05, 4.69) is 0 Å². The maximum absolute atomic E-state index is 12.1. The van der Waals surface area contributed by atoms with Crippen LogP contribution in [0.1, 0.15) is 30.1 Å². The number of ether oxygens (including phenoxy) is 1. The van der Waals surface area contributed by atoms with Crippen molar-refractivity contribution in [1.82, 2.24) is 0 Å². The Kier molecular flexibility index (Phi) is 5.88. The van der Waals surface area contributed by atoms with Crippen LogP contribution in [-0.4, -0.2) is 22.8 Å². The van der Waals surface area contributed by atoms with Gasteiger partial charge >= 0.3 is 11.6 Å². The van der Waals surface area contributed by atoms with Crippen molar-refractivity contribution in [3.63, 3.8) is 0 Å². The summed E-state index contributed by atoms with van der Waals surface area (Å²) in [5.41, 5.74) is 0.752. The first-order chi connectivity index (χ1) is 13.1. The molecule has 0 radical (unpaired) electrons. The number of aliphatic carboxylic acids is 1. The maximum Gasteiger partial charge on any atom is 0.343 e. The van der Waals surface area contributed by atoms with Crippen LogP contribution in [0.3, 0.4) is 0 Å². The lowest BCUT2D eigenvalue weighted by Gasteiger charge is -2.16. The normalized spacial score (nSPS) is 12.1. The molecular formula is C21H20O6. The highest BCUT2D eigenvalue weighted by molar-refractivity contribution is 5.83. The third-order valence-corrected chi connectivity index (χ3v) is 4.30. The summed E-state index contributed by atoms with van der Waals surface area (Å²) in [7, 11) is 0. The van der Waals surface area contributed by atoms with Gasteiger partial charge in [0.1, 0.15) is 11.3 Å². The van der Waals surface area contributed by atoms with Crippen molar-refractivity contribution in [2.24, 2.45) is 0 Å². The second-order valence-corrected chi connectivity index (χ2v) is 6.18. The maximum atomic E-state index is 12.1. The molecule has 0 amide bonds. The predicted molar refractivity (Wildman–Crippen MR) is 99.9 cm³/mol. The molecule has 140 valence electrons. The number of carboxylic acids is 1. The molecule has 0 saturated heterocycles. The largest absolute Gasteiger partial charge is 0.507 e. The summed E-state index contributed by atoms with van der Waals surface area (Å²) in [6.07, 6.45) is 0.00548. The number of carbonyl (C=O) groups is 1. The highest BCUT2D eigenvalue weighted by atomic mass is 16.5. The summed E-state index contributed by atoms with van der Waals surface area (Å²) < 4.78 is 11.0. The smallest absolute Gasteiger partial charge is 0.343 e. The van der Waals surface area contributed by atoms with Gasteiger partial charge in [-0.3, -0.25) is 4.79 Å². The van der Waals surface area contributed by atoms with Crippen LogP contribution in [0.5, 0.6) is 5.75 Å². The van der Waals surface area contributed by atoms with E-state index in [1.54, 1.807) is 24.3 Å². The Bertz CT molecular complexity index is 977. The number of rotatable bonds is 8. The fraction of sp³-hybridized carbons (Fsp3) is 0.238. The molecule has 3 aromatic rings. The number of aromatic hydroxyl groups is 1. The second-order valence-electron chi connectivity index (χ2n) is 6.18. The third kappa shape index (κ3) is 4.54. The van der Waals surface area contributed by atoms with E-state index in [0.29, 0.717) is 17.4 Å². The first kappa shape index (κ1) is 18.7. The Morgan fingerprint density at radius 1 is 1.07 bits per heavy atom. The molecule has 2 N–H and O–H groups in total. The van der Waals surface area contributed by atoms with Crippen molar-refractivity contribution in [1.29, 1.82) is 0 Å². The fourth-order valence-corrected chi connectivity index (χ4v) is 2.97.